The molecule has 0 aliphatic carbocycles. The number of aromatic nitrogens is 4. The maximum atomic E-state index is 13.4. The molecule has 0 spiro atoms. The summed E-state index contributed by atoms with van der Waals surface area (Å²) >= 11 is 4.54. The number of nitrogens with zero attached hydrogens (tertiary/aromatic N) is 4. The lowest BCUT2D eigenvalue weighted by Gasteiger charge is -2.10. The van der Waals surface area contributed by atoms with Crippen LogP contribution in [0.1, 0.15) is 5.56 Å². The number of nitrogens with two attached hydrogens (primary N) is 1. The van der Waals surface area contributed by atoms with E-state index in [-0.39, 0.29) is 11.6 Å². The van der Waals surface area contributed by atoms with Crippen molar-refractivity contribution in [2.45, 2.75) is 11.8 Å². The number of hydrogen-bond donors (Lipinski definition) is 1. The fourth-order valence-corrected chi connectivity index (χ4v) is 3.89. The van der Waals surface area contributed by atoms with E-state index >= 15 is 0 Å². The highest BCUT2D eigenvalue weighted by Gasteiger charge is 2.23. The molecule has 3 aromatic heterocycles. The summed E-state index contributed by atoms with van der Waals surface area (Å²) in [5.41, 5.74) is 7.58. The number of rotatable bonds is 3. The number of nitrogen functional groups attached to an aromatic ring is 1. The van der Waals surface area contributed by atoms with Crippen molar-refractivity contribution in [3.63, 3.8) is 0 Å². The Balaban J connectivity index is 1.91. The Bertz CT molecular complexity index is 1150. The minimum atomic E-state index is -1.55. The molecule has 0 saturated heterocycles. The Kier molecular flexibility index (Phi) is 4.47. The van der Waals surface area contributed by atoms with Gasteiger partial charge in [-0.25, -0.2) is 19.3 Å². The van der Waals surface area contributed by atoms with Crippen LogP contribution in [0, 0.1) is 12.7 Å². The molecule has 136 valence electrons. The van der Waals surface area contributed by atoms with E-state index in [4.69, 9.17) is 17.3 Å². The third-order valence-electron chi connectivity index (χ3n) is 3.99. The van der Waals surface area contributed by atoms with E-state index in [1.165, 1.54) is 10.2 Å². The van der Waals surface area contributed by atoms with Gasteiger partial charge in [0, 0.05) is 11.6 Å². The molecular formula is C18H13ClFN5OS. The predicted molar refractivity (Wildman–Crippen MR) is 103 cm³/mol. The van der Waals surface area contributed by atoms with Crippen LogP contribution in [0.5, 0.6) is 0 Å². The minimum absolute atomic E-state index is 0.197. The van der Waals surface area contributed by atoms with Crippen LogP contribution < -0.4 is 5.73 Å². The van der Waals surface area contributed by atoms with Gasteiger partial charge in [-0.1, -0.05) is 29.3 Å². The second-order valence-corrected chi connectivity index (χ2v) is 7.68. The summed E-state index contributed by atoms with van der Waals surface area (Å²) in [5, 5.41) is 0.992. The molecule has 0 amide bonds. The third kappa shape index (κ3) is 3.23. The molecule has 0 fully saturated rings. The summed E-state index contributed by atoms with van der Waals surface area (Å²) in [4.78, 5) is 12.9. The number of hydrogen-bond acceptors (Lipinski definition) is 5. The fraction of sp³-hybridized carbons (Fsp3) is 0.0556. The van der Waals surface area contributed by atoms with Crippen LogP contribution in [-0.4, -0.2) is 23.5 Å². The first-order chi connectivity index (χ1) is 12.9. The topological polar surface area (TPSA) is 92.7 Å². The maximum Gasteiger partial charge on any atom is 0.187 e. The third-order valence-corrected chi connectivity index (χ3v) is 5.51. The standard InChI is InChI=1S/C18H13ClFN5OS/c1-10-2-4-12(5-3-10)27(26)25-9-14(13-6-11(19)7-23-18(13)25)17-22-8-15(20)16(21)24-17/h2-9H,1H3,(H2,21,22,24). The van der Waals surface area contributed by atoms with Gasteiger partial charge in [0.05, 0.1) is 23.0 Å². The predicted octanol–water partition coefficient (Wildman–Crippen LogP) is 3.75. The fourth-order valence-electron chi connectivity index (χ4n) is 2.64. The smallest absolute Gasteiger partial charge is 0.187 e. The highest BCUT2D eigenvalue weighted by molar-refractivity contribution is 7.90. The molecule has 2 N–H and O–H groups in total. The van der Waals surface area contributed by atoms with Crippen molar-refractivity contribution >= 4 is 39.8 Å². The van der Waals surface area contributed by atoms with E-state index < -0.39 is 17.2 Å². The van der Waals surface area contributed by atoms with E-state index in [1.54, 1.807) is 24.4 Å². The van der Waals surface area contributed by atoms with Gasteiger partial charge in [0.25, 0.3) is 0 Å². The maximum absolute atomic E-state index is 13.4. The van der Waals surface area contributed by atoms with Crippen molar-refractivity contribution in [1.29, 1.82) is 0 Å². The molecule has 27 heavy (non-hydrogen) atoms. The van der Waals surface area contributed by atoms with Gasteiger partial charge in [0.2, 0.25) is 0 Å². The van der Waals surface area contributed by atoms with Crippen molar-refractivity contribution < 1.29 is 8.94 Å². The van der Waals surface area contributed by atoms with E-state index in [0.29, 0.717) is 26.5 Å². The zero-order valence-corrected chi connectivity index (χ0v) is 15.6. The summed E-state index contributed by atoms with van der Waals surface area (Å²) in [6, 6.07) is 9.02. The molecule has 6 nitrogen and oxygen atoms in total. The molecule has 0 radical (unpaired) electrons. The van der Waals surface area contributed by atoms with Gasteiger partial charge < -0.3 is 10.3 Å². The van der Waals surface area contributed by atoms with Crippen LogP contribution in [0.15, 0.2) is 53.8 Å². The SMILES string of the molecule is Cc1ccc([S+]([O-])n2cc(-c3ncc(F)c(N)n3)c3cc(Cl)cnc32)cc1. The van der Waals surface area contributed by atoms with Gasteiger partial charge >= 0.3 is 0 Å². The number of pyridine rings is 1. The van der Waals surface area contributed by atoms with Crippen molar-refractivity contribution in [3.8, 4) is 11.4 Å². The van der Waals surface area contributed by atoms with Crippen molar-refractivity contribution in [2.24, 2.45) is 0 Å². The first-order valence-electron chi connectivity index (χ1n) is 7.88. The van der Waals surface area contributed by atoms with E-state index in [0.717, 1.165) is 11.8 Å². The second-order valence-electron chi connectivity index (χ2n) is 5.88. The molecule has 0 bridgehead atoms. The Labute approximate surface area is 162 Å². The quantitative estimate of drug-likeness (QED) is 0.528. The number of fused-ring (bicyclic) bond motifs is 1. The Morgan fingerprint density at radius 2 is 1.93 bits per heavy atom. The average molecular weight is 402 g/mol. The summed E-state index contributed by atoms with van der Waals surface area (Å²) in [5.74, 6) is -0.778. The number of halogens is 2. The first kappa shape index (κ1) is 17.7. The molecule has 4 aromatic rings. The molecule has 0 aliphatic heterocycles. The van der Waals surface area contributed by atoms with E-state index in [1.807, 2.05) is 19.1 Å². The molecule has 1 unspecified atom stereocenters. The van der Waals surface area contributed by atoms with Gasteiger partial charge in [-0.2, -0.15) is 0 Å². The van der Waals surface area contributed by atoms with Crippen LogP contribution in [0.25, 0.3) is 22.4 Å². The number of aryl methyl sites for hydroxylation is 1. The van der Waals surface area contributed by atoms with Gasteiger partial charge in [-0.3, -0.25) is 0 Å². The second kappa shape index (κ2) is 6.80. The van der Waals surface area contributed by atoms with Crippen molar-refractivity contribution in [3.05, 3.63) is 65.3 Å². The Morgan fingerprint density at radius 1 is 1.19 bits per heavy atom. The van der Waals surface area contributed by atoms with Crippen LogP contribution in [0.2, 0.25) is 5.02 Å². The normalized spacial score (nSPS) is 12.4. The van der Waals surface area contributed by atoms with Gasteiger partial charge in [-0.15, -0.1) is 3.97 Å². The molecule has 1 aromatic carbocycles. The highest BCUT2D eigenvalue weighted by Crippen LogP contribution is 2.32. The highest BCUT2D eigenvalue weighted by atomic mass is 35.5. The van der Waals surface area contributed by atoms with E-state index in [2.05, 4.69) is 15.0 Å². The van der Waals surface area contributed by atoms with Gasteiger partial charge in [0.1, 0.15) is 11.4 Å². The van der Waals surface area contributed by atoms with Crippen molar-refractivity contribution in [1.82, 2.24) is 18.9 Å². The van der Waals surface area contributed by atoms with Crippen molar-refractivity contribution in [2.75, 3.05) is 5.73 Å². The molecular weight excluding hydrogens is 389 g/mol. The average Bonchev–Trinajstić information content (AvgIpc) is 3.02. The molecule has 0 saturated carbocycles. The molecule has 3 heterocycles. The van der Waals surface area contributed by atoms with Gasteiger partial charge in [-0.05, 0) is 25.1 Å². The number of benzene rings is 1. The van der Waals surface area contributed by atoms with Crippen LogP contribution in [0.3, 0.4) is 0 Å². The summed E-state index contributed by atoms with van der Waals surface area (Å²) in [6.45, 7) is 1.95. The molecule has 4 rings (SSSR count). The molecule has 0 aliphatic rings. The van der Waals surface area contributed by atoms with E-state index in [9.17, 15) is 8.94 Å². The Hall–Kier alpha value is -2.68. The van der Waals surface area contributed by atoms with Crippen LogP contribution in [0.4, 0.5) is 10.2 Å². The molecule has 9 heteroatoms. The first-order valence-corrected chi connectivity index (χ1v) is 9.36. The van der Waals surface area contributed by atoms with Crippen LogP contribution >= 0.6 is 11.6 Å². The van der Waals surface area contributed by atoms with Gasteiger partial charge in [0.15, 0.2) is 28.0 Å². The summed E-state index contributed by atoms with van der Waals surface area (Å²) in [7, 11) is 0. The molecule has 1 atom stereocenters. The lowest BCUT2D eigenvalue weighted by Crippen LogP contribution is -2.12. The zero-order valence-electron chi connectivity index (χ0n) is 14.1. The Morgan fingerprint density at radius 3 is 2.63 bits per heavy atom. The minimum Gasteiger partial charge on any atom is -0.587 e. The lowest BCUT2D eigenvalue weighted by atomic mass is 10.2. The summed E-state index contributed by atoms with van der Waals surface area (Å²) < 4.78 is 28.0. The zero-order chi connectivity index (χ0) is 19.1. The summed E-state index contributed by atoms with van der Waals surface area (Å²) in [6.07, 6.45) is 4.07. The lowest BCUT2D eigenvalue weighted by molar-refractivity contribution is 0.587. The monoisotopic (exact) mass is 401 g/mol. The van der Waals surface area contributed by atoms with Crippen LogP contribution in [-0.2, 0) is 11.4 Å². The largest absolute Gasteiger partial charge is 0.587 e. The number of anilines is 1.